The van der Waals surface area contributed by atoms with E-state index in [1.165, 1.54) is 0 Å². The predicted octanol–water partition coefficient (Wildman–Crippen LogP) is 3.98. The number of nitrogens with zero attached hydrogens (tertiary/aromatic N) is 3. The first-order valence-electron chi connectivity index (χ1n) is 5.85. The molecule has 0 aliphatic carbocycles. The number of imidazole rings is 1. The van der Waals surface area contributed by atoms with Gasteiger partial charge in [0.05, 0.1) is 28.8 Å². The van der Waals surface area contributed by atoms with E-state index in [0.29, 0.717) is 17.4 Å². The Morgan fingerprint density at radius 1 is 1.32 bits per heavy atom. The van der Waals surface area contributed by atoms with E-state index in [4.69, 9.17) is 23.2 Å². The Labute approximate surface area is 124 Å². The SMILES string of the molecule is ClCCc1nc2cc(Cl)ccc2n1Cc1cscn1. The van der Waals surface area contributed by atoms with Crippen LogP contribution in [0.4, 0.5) is 0 Å². The molecule has 98 valence electrons. The number of rotatable bonds is 4. The highest BCUT2D eigenvalue weighted by Gasteiger charge is 2.11. The molecule has 0 saturated carbocycles. The summed E-state index contributed by atoms with van der Waals surface area (Å²) in [4.78, 5) is 8.94. The Morgan fingerprint density at radius 2 is 2.21 bits per heavy atom. The van der Waals surface area contributed by atoms with Crippen molar-refractivity contribution in [1.29, 1.82) is 0 Å². The predicted molar refractivity (Wildman–Crippen MR) is 80.4 cm³/mol. The molecule has 1 aromatic carbocycles. The van der Waals surface area contributed by atoms with Crippen molar-refractivity contribution in [3.05, 3.63) is 45.6 Å². The molecule has 0 amide bonds. The summed E-state index contributed by atoms with van der Waals surface area (Å²) in [5.74, 6) is 1.52. The fourth-order valence-corrected chi connectivity index (χ4v) is 2.97. The molecule has 3 rings (SSSR count). The van der Waals surface area contributed by atoms with E-state index in [0.717, 1.165) is 29.0 Å². The molecular weight excluding hydrogens is 301 g/mol. The minimum Gasteiger partial charge on any atom is -0.322 e. The minimum absolute atomic E-state index is 0.550. The molecule has 0 N–H and O–H groups in total. The van der Waals surface area contributed by atoms with Crippen molar-refractivity contribution in [2.24, 2.45) is 0 Å². The number of benzene rings is 1. The lowest BCUT2D eigenvalue weighted by Gasteiger charge is -2.06. The van der Waals surface area contributed by atoms with Gasteiger partial charge in [-0.05, 0) is 18.2 Å². The number of thiazole rings is 1. The van der Waals surface area contributed by atoms with Crippen molar-refractivity contribution in [1.82, 2.24) is 14.5 Å². The third-order valence-corrected chi connectivity index (χ3v) is 3.97. The summed E-state index contributed by atoms with van der Waals surface area (Å²) in [6, 6.07) is 5.76. The molecule has 3 nitrogen and oxygen atoms in total. The van der Waals surface area contributed by atoms with Crippen molar-refractivity contribution in [2.75, 3.05) is 5.88 Å². The fraction of sp³-hybridized carbons (Fsp3) is 0.231. The molecule has 19 heavy (non-hydrogen) atoms. The van der Waals surface area contributed by atoms with Gasteiger partial charge in [0.2, 0.25) is 0 Å². The summed E-state index contributed by atoms with van der Waals surface area (Å²) >= 11 is 13.5. The van der Waals surface area contributed by atoms with Crippen LogP contribution in [-0.4, -0.2) is 20.4 Å². The fourth-order valence-electron chi connectivity index (χ4n) is 2.08. The standard InChI is InChI=1S/C13H11Cl2N3S/c14-4-3-13-17-11-5-9(15)1-2-12(11)18(13)6-10-7-19-8-16-10/h1-2,5,7-8H,3-4,6H2. The second kappa shape index (κ2) is 5.49. The lowest BCUT2D eigenvalue weighted by atomic mass is 10.3. The average molecular weight is 312 g/mol. The van der Waals surface area contributed by atoms with Crippen LogP contribution in [0.1, 0.15) is 11.5 Å². The summed E-state index contributed by atoms with van der Waals surface area (Å²) in [5, 5.41) is 2.75. The monoisotopic (exact) mass is 311 g/mol. The summed E-state index contributed by atoms with van der Waals surface area (Å²) in [5.41, 5.74) is 4.85. The van der Waals surface area contributed by atoms with Crippen molar-refractivity contribution in [3.63, 3.8) is 0 Å². The Balaban J connectivity index is 2.10. The van der Waals surface area contributed by atoms with Crippen molar-refractivity contribution in [2.45, 2.75) is 13.0 Å². The average Bonchev–Trinajstić information content (AvgIpc) is 2.99. The summed E-state index contributed by atoms with van der Waals surface area (Å²) < 4.78 is 2.16. The van der Waals surface area contributed by atoms with E-state index >= 15 is 0 Å². The molecule has 0 saturated heterocycles. The largest absolute Gasteiger partial charge is 0.322 e. The van der Waals surface area contributed by atoms with E-state index in [-0.39, 0.29) is 0 Å². The van der Waals surface area contributed by atoms with E-state index in [2.05, 4.69) is 14.5 Å². The molecule has 0 aliphatic heterocycles. The molecule has 3 aromatic rings. The number of aryl methyl sites for hydroxylation is 1. The Morgan fingerprint density at radius 3 is 2.95 bits per heavy atom. The van der Waals surface area contributed by atoms with Crippen molar-refractivity contribution >= 4 is 45.6 Å². The zero-order valence-electron chi connectivity index (χ0n) is 10.0. The first kappa shape index (κ1) is 12.9. The van der Waals surface area contributed by atoms with Gasteiger partial charge in [0.25, 0.3) is 0 Å². The van der Waals surface area contributed by atoms with Gasteiger partial charge in [0.15, 0.2) is 0 Å². The Bertz CT molecular complexity index is 691. The van der Waals surface area contributed by atoms with Crippen LogP contribution in [0.5, 0.6) is 0 Å². The van der Waals surface area contributed by atoms with E-state index in [1.54, 1.807) is 11.3 Å². The van der Waals surface area contributed by atoms with E-state index in [1.807, 2.05) is 29.1 Å². The van der Waals surface area contributed by atoms with Gasteiger partial charge >= 0.3 is 0 Å². The highest BCUT2D eigenvalue weighted by atomic mass is 35.5. The van der Waals surface area contributed by atoms with Gasteiger partial charge in [-0.1, -0.05) is 11.6 Å². The Kier molecular flexibility index (Phi) is 3.73. The highest BCUT2D eigenvalue weighted by molar-refractivity contribution is 7.07. The van der Waals surface area contributed by atoms with Crippen LogP contribution in [0.25, 0.3) is 11.0 Å². The third kappa shape index (κ3) is 2.61. The van der Waals surface area contributed by atoms with E-state index in [9.17, 15) is 0 Å². The van der Waals surface area contributed by atoms with E-state index < -0.39 is 0 Å². The number of hydrogen-bond acceptors (Lipinski definition) is 3. The molecule has 6 heteroatoms. The van der Waals surface area contributed by atoms with Gasteiger partial charge in [0, 0.05) is 22.7 Å². The number of hydrogen-bond donors (Lipinski definition) is 0. The zero-order chi connectivity index (χ0) is 13.2. The van der Waals surface area contributed by atoms with Crippen LogP contribution in [0.15, 0.2) is 29.1 Å². The number of alkyl halides is 1. The molecule has 0 fully saturated rings. The molecule has 0 unspecified atom stereocenters. The quantitative estimate of drug-likeness (QED) is 0.682. The number of halogens is 2. The molecular formula is C13H11Cl2N3S. The van der Waals surface area contributed by atoms with Gasteiger partial charge in [0.1, 0.15) is 5.82 Å². The first-order valence-corrected chi connectivity index (χ1v) is 7.71. The second-order valence-corrected chi connectivity index (χ2v) is 5.70. The molecule has 0 aliphatic rings. The first-order chi connectivity index (χ1) is 9.28. The van der Waals surface area contributed by atoms with Crippen LogP contribution in [0.2, 0.25) is 5.02 Å². The normalized spacial score (nSPS) is 11.3. The highest BCUT2D eigenvalue weighted by Crippen LogP contribution is 2.22. The van der Waals surface area contributed by atoms with Crippen molar-refractivity contribution < 1.29 is 0 Å². The molecule has 0 bridgehead atoms. The van der Waals surface area contributed by atoms with Crippen LogP contribution < -0.4 is 0 Å². The lowest BCUT2D eigenvalue weighted by molar-refractivity contribution is 0.742. The molecule has 2 aromatic heterocycles. The van der Waals surface area contributed by atoms with Crippen LogP contribution in [0.3, 0.4) is 0 Å². The number of aromatic nitrogens is 3. The summed E-state index contributed by atoms with van der Waals surface area (Å²) in [6.07, 6.45) is 0.734. The van der Waals surface area contributed by atoms with Crippen LogP contribution in [0, 0.1) is 0 Å². The van der Waals surface area contributed by atoms with Crippen LogP contribution >= 0.6 is 34.5 Å². The zero-order valence-corrected chi connectivity index (χ0v) is 12.3. The van der Waals surface area contributed by atoms with Crippen molar-refractivity contribution in [3.8, 4) is 0 Å². The van der Waals surface area contributed by atoms with Gasteiger partial charge in [-0.2, -0.15) is 0 Å². The molecule has 0 atom stereocenters. The second-order valence-electron chi connectivity index (χ2n) is 4.17. The van der Waals surface area contributed by atoms with Gasteiger partial charge in [-0.25, -0.2) is 9.97 Å². The Hall–Kier alpha value is -1.10. The smallest absolute Gasteiger partial charge is 0.111 e. The maximum absolute atomic E-state index is 6.01. The summed E-state index contributed by atoms with van der Waals surface area (Å²) in [7, 11) is 0. The summed E-state index contributed by atoms with van der Waals surface area (Å²) in [6.45, 7) is 0.716. The van der Waals surface area contributed by atoms with Gasteiger partial charge in [-0.3, -0.25) is 0 Å². The number of fused-ring (bicyclic) bond motifs is 1. The molecule has 0 radical (unpaired) electrons. The van der Waals surface area contributed by atoms with Gasteiger partial charge in [-0.15, -0.1) is 22.9 Å². The third-order valence-electron chi connectivity index (χ3n) is 2.91. The molecule has 0 spiro atoms. The maximum atomic E-state index is 6.01. The minimum atomic E-state index is 0.550. The molecule has 2 heterocycles. The maximum Gasteiger partial charge on any atom is 0.111 e. The lowest BCUT2D eigenvalue weighted by Crippen LogP contribution is -2.06. The van der Waals surface area contributed by atoms with Crippen LogP contribution in [-0.2, 0) is 13.0 Å². The topological polar surface area (TPSA) is 30.7 Å². The van der Waals surface area contributed by atoms with Gasteiger partial charge < -0.3 is 4.57 Å².